The number of carbonyl (C=O) groups is 1. The van der Waals surface area contributed by atoms with Gasteiger partial charge in [0.25, 0.3) is 0 Å². The topological polar surface area (TPSA) is 63.6 Å². The van der Waals surface area contributed by atoms with E-state index in [0.717, 1.165) is 20.9 Å². The second-order valence-corrected chi connectivity index (χ2v) is 6.71. The molecule has 0 radical (unpaired) electrons. The fourth-order valence-corrected chi connectivity index (χ4v) is 3.26. The smallest absolute Gasteiger partial charge is 0.343 e. The number of benzene rings is 3. The first-order chi connectivity index (χ1) is 13.3. The van der Waals surface area contributed by atoms with Crippen molar-refractivity contribution in [2.24, 2.45) is 5.10 Å². The Morgan fingerprint density at radius 3 is 2.48 bits per heavy atom. The van der Waals surface area contributed by atoms with E-state index in [9.17, 15) is 4.79 Å². The fourth-order valence-electron chi connectivity index (χ4n) is 2.44. The number of aromatic nitrogens is 1. The third-order valence-corrected chi connectivity index (χ3v) is 4.71. The SMILES string of the molecule is O=C(Oc1ccc(C=NNc2nc3ccccc3s2)cc1)c1ccccc1. The minimum atomic E-state index is -0.380. The summed E-state index contributed by atoms with van der Waals surface area (Å²) in [5.41, 5.74) is 5.29. The number of hydrogen-bond donors (Lipinski definition) is 1. The lowest BCUT2D eigenvalue weighted by Crippen LogP contribution is -2.08. The zero-order valence-electron chi connectivity index (χ0n) is 14.2. The van der Waals surface area contributed by atoms with Crippen molar-refractivity contribution in [3.63, 3.8) is 0 Å². The lowest BCUT2D eigenvalue weighted by molar-refractivity contribution is 0.0735. The second-order valence-electron chi connectivity index (χ2n) is 5.68. The third-order valence-electron chi connectivity index (χ3n) is 3.77. The van der Waals surface area contributed by atoms with Crippen LogP contribution in [0.25, 0.3) is 10.2 Å². The van der Waals surface area contributed by atoms with E-state index in [1.165, 1.54) is 0 Å². The molecule has 0 aliphatic carbocycles. The lowest BCUT2D eigenvalue weighted by atomic mass is 10.2. The van der Waals surface area contributed by atoms with E-state index >= 15 is 0 Å². The normalized spacial score (nSPS) is 11.0. The second kappa shape index (κ2) is 7.80. The number of carbonyl (C=O) groups excluding carboxylic acids is 1. The molecular formula is C21H15N3O2S. The number of esters is 1. The van der Waals surface area contributed by atoms with E-state index in [-0.39, 0.29) is 5.97 Å². The number of ether oxygens (including phenoxy) is 1. The van der Waals surface area contributed by atoms with Crippen LogP contribution in [0.15, 0.2) is 84.0 Å². The summed E-state index contributed by atoms with van der Waals surface area (Å²) in [4.78, 5) is 16.5. The van der Waals surface area contributed by atoms with E-state index < -0.39 is 0 Å². The van der Waals surface area contributed by atoms with Gasteiger partial charge in [-0.25, -0.2) is 9.78 Å². The first kappa shape index (κ1) is 16.9. The molecule has 0 spiro atoms. The Morgan fingerprint density at radius 1 is 0.963 bits per heavy atom. The molecule has 0 unspecified atom stereocenters. The summed E-state index contributed by atoms with van der Waals surface area (Å²) in [6.45, 7) is 0. The number of para-hydroxylation sites is 1. The summed E-state index contributed by atoms with van der Waals surface area (Å²) in [5, 5.41) is 4.95. The van der Waals surface area contributed by atoms with Crippen LogP contribution >= 0.6 is 11.3 Å². The van der Waals surface area contributed by atoms with Crippen molar-refractivity contribution in [2.45, 2.75) is 0 Å². The molecule has 0 aliphatic rings. The Kier molecular flexibility index (Phi) is 4.89. The first-order valence-electron chi connectivity index (χ1n) is 8.30. The van der Waals surface area contributed by atoms with Crippen molar-refractivity contribution in [3.8, 4) is 5.75 Å². The van der Waals surface area contributed by atoms with Crippen molar-refractivity contribution >= 4 is 38.9 Å². The first-order valence-corrected chi connectivity index (χ1v) is 9.11. The van der Waals surface area contributed by atoms with Gasteiger partial charge in [0, 0.05) is 0 Å². The summed E-state index contributed by atoms with van der Waals surface area (Å²) >= 11 is 1.55. The van der Waals surface area contributed by atoms with Gasteiger partial charge in [-0.1, -0.05) is 41.7 Å². The summed E-state index contributed by atoms with van der Waals surface area (Å²) < 4.78 is 6.47. The van der Waals surface area contributed by atoms with Gasteiger partial charge in [0.05, 0.1) is 22.0 Å². The van der Waals surface area contributed by atoms with Crippen molar-refractivity contribution < 1.29 is 9.53 Å². The van der Waals surface area contributed by atoms with Crippen molar-refractivity contribution in [2.75, 3.05) is 5.43 Å². The van der Waals surface area contributed by atoms with Crippen LogP contribution < -0.4 is 10.2 Å². The highest BCUT2D eigenvalue weighted by Crippen LogP contribution is 2.25. The Morgan fingerprint density at radius 2 is 1.70 bits per heavy atom. The molecule has 1 heterocycles. The van der Waals surface area contributed by atoms with E-state index in [2.05, 4.69) is 15.5 Å². The monoisotopic (exact) mass is 373 g/mol. The maximum Gasteiger partial charge on any atom is 0.343 e. The zero-order chi connectivity index (χ0) is 18.5. The number of thiazole rings is 1. The van der Waals surface area contributed by atoms with Gasteiger partial charge in [-0.3, -0.25) is 5.43 Å². The van der Waals surface area contributed by atoms with Crippen LogP contribution in [-0.2, 0) is 0 Å². The van der Waals surface area contributed by atoms with Crippen LogP contribution in [0.5, 0.6) is 5.75 Å². The molecule has 3 aromatic carbocycles. The number of nitrogens with one attached hydrogen (secondary N) is 1. The summed E-state index contributed by atoms with van der Waals surface area (Å²) in [6.07, 6.45) is 1.69. The molecule has 0 fully saturated rings. The zero-order valence-corrected chi connectivity index (χ0v) is 15.0. The maximum absolute atomic E-state index is 12.0. The number of hydrogen-bond acceptors (Lipinski definition) is 6. The number of rotatable bonds is 5. The quantitative estimate of drug-likeness (QED) is 0.232. The molecule has 0 atom stereocenters. The van der Waals surface area contributed by atoms with E-state index in [0.29, 0.717) is 11.3 Å². The summed E-state index contributed by atoms with van der Waals surface area (Å²) in [5.74, 6) is 0.106. The van der Waals surface area contributed by atoms with Gasteiger partial charge < -0.3 is 4.74 Å². The number of fused-ring (bicyclic) bond motifs is 1. The average molecular weight is 373 g/mol. The van der Waals surface area contributed by atoms with Crippen LogP contribution in [0, 0.1) is 0 Å². The Balaban J connectivity index is 1.37. The van der Waals surface area contributed by atoms with Gasteiger partial charge in [0.2, 0.25) is 5.13 Å². The third kappa shape index (κ3) is 4.19. The van der Waals surface area contributed by atoms with Gasteiger partial charge in [0.15, 0.2) is 0 Å². The van der Waals surface area contributed by atoms with Crippen LogP contribution in [0.3, 0.4) is 0 Å². The van der Waals surface area contributed by atoms with Gasteiger partial charge >= 0.3 is 5.97 Å². The highest BCUT2D eigenvalue weighted by atomic mass is 32.1. The molecule has 6 heteroatoms. The molecule has 0 saturated carbocycles. The molecule has 4 aromatic rings. The highest BCUT2D eigenvalue weighted by molar-refractivity contribution is 7.22. The lowest BCUT2D eigenvalue weighted by Gasteiger charge is -2.04. The minimum Gasteiger partial charge on any atom is -0.423 e. The predicted octanol–water partition coefficient (Wildman–Crippen LogP) is 4.96. The molecule has 1 N–H and O–H groups in total. The van der Waals surface area contributed by atoms with Gasteiger partial charge in [0.1, 0.15) is 5.75 Å². The Bertz CT molecular complexity index is 1060. The minimum absolute atomic E-state index is 0.380. The fraction of sp³-hybridized carbons (Fsp3) is 0. The average Bonchev–Trinajstić information content (AvgIpc) is 3.13. The van der Waals surface area contributed by atoms with Gasteiger partial charge in [-0.05, 0) is 54.1 Å². The van der Waals surface area contributed by atoms with Crippen LogP contribution in [0.2, 0.25) is 0 Å². The molecule has 4 rings (SSSR count). The van der Waals surface area contributed by atoms with Crippen LogP contribution in [0.1, 0.15) is 15.9 Å². The largest absolute Gasteiger partial charge is 0.423 e. The van der Waals surface area contributed by atoms with E-state index in [1.54, 1.807) is 53.9 Å². The molecular weight excluding hydrogens is 358 g/mol. The summed E-state index contributed by atoms with van der Waals surface area (Å²) in [7, 11) is 0. The van der Waals surface area contributed by atoms with Crippen molar-refractivity contribution in [3.05, 3.63) is 90.0 Å². The molecule has 0 bridgehead atoms. The molecule has 0 saturated heterocycles. The number of hydrazone groups is 1. The molecule has 5 nitrogen and oxygen atoms in total. The van der Waals surface area contributed by atoms with Crippen molar-refractivity contribution in [1.82, 2.24) is 4.98 Å². The summed E-state index contributed by atoms with van der Waals surface area (Å²) in [6, 6.07) is 24.0. The van der Waals surface area contributed by atoms with Gasteiger partial charge in [-0.15, -0.1) is 0 Å². The van der Waals surface area contributed by atoms with Crippen molar-refractivity contribution in [1.29, 1.82) is 0 Å². The predicted molar refractivity (Wildman–Crippen MR) is 109 cm³/mol. The Hall–Kier alpha value is -3.51. The van der Waals surface area contributed by atoms with E-state index in [4.69, 9.17) is 4.74 Å². The highest BCUT2D eigenvalue weighted by Gasteiger charge is 2.07. The molecule has 0 aliphatic heterocycles. The number of nitrogens with zero attached hydrogens (tertiary/aromatic N) is 2. The maximum atomic E-state index is 12.0. The standard InChI is InChI=1S/C21H15N3O2S/c25-20(16-6-2-1-3-7-16)26-17-12-10-15(11-13-17)14-22-24-21-23-18-8-4-5-9-19(18)27-21/h1-14H,(H,23,24). The number of anilines is 1. The molecule has 132 valence electrons. The van der Waals surface area contributed by atoms with Gasteiger partial charge in [-0.2, -0.15) is 5.10 Å². The van der Waals surface area contributed by atoms with Crippen LogP contribution in [0.4, 0.5) is 5.13 Å². The molecule has 0 amide bonds. The molecule has 27 heavy (non-hydrogen) atoms. The van der Waals surface area contributed by atoms with E-state index in [1.807, 2.05) is 42.5 Å². The molecule has 1 aromatic heterocycles. The van der Waals surface area contributed by atoms with Crippen LogP contribution in [-0.4, -0.2) is 17.2 Å². The Labute approximate surface area is 160 Å².